The number of aryl methyl sites for hydroxylation is 1. The van der Waals surface area contributed by atoms with Gasteiger partial charge in [0.05, 0.1) is 5.69 Å². The van der Waals surface area contributed by atoms with E-state index in [2.05, 4.69) is 5.10 Å². The Kier molecular flexibility index (Phi) is 2.33. The molecule has 0 bridgehead atoms. The Morgan fingerprint density at radius 3 is 3.23 bits per heavy atom. The van der Waals surface area contributed by atoms with Gasteiger partial charge in [0, 0.05) is 25.8 Å². The molecule has 0 aliphatic carbocycles. The van der Waals surface area contributed by atoms with Gasteiger partial charge in [-0.1, -0.05) is 0 Å². The Labute approximate surface area is 77.7 Å². The van der Waals surface area contributed by atoms with Crippen molar-refractivity contribution in [1.82, 2.24) is 9.78 Å². The lowest BCUT2D eigenvalue weighted by molar-refractivity contribution is 0.0858. The van der Waals surface area contributed by atoms with Crippen molar-refractivity contribution in [2.45, 2.75) is 12.5 Å². The van der Waals surface area contributed by atoms with Crippen LogP contribution in [0, 0.1) is 5.92 Å². The first-order valence-electron chi connectivity index (χ1n) is 4.62. The van der Waals surface area contributed by atoms with Crippen molar-refractivity contribution in [3.63, 3.8) is 0 Å². The first-order valence-corrected chi connectivity index (χ1v) is 4.62. The van der Waals surface area contributed by atoms with Gasteiger partial charge in [0.2, 0.25) is 0 Å². The van der Waals surface area contributed by atoms with Gasteiger partial charge in [0.15, 0.2) is 0 Å². The van der Waals surface area contributed by atoms with Gasteiger partial charge in [0.25, 0.3) is 0 Å². The summed E-state index contributed by atoms with van der Waals surface area (Å²) in [6.45, 7) is 1.51. The molecule has 1 aliphatic heterocycles. The Morgan fingerprint density at radius 1 is 1.77 bits per heavy atom. The third kappa shape index (κ3) is 1.47. The van der Waals surface area contributed by atoms with E-state index in [4.69, 9.17) is 10.5 Å². The van der Waals surface area contributed by atoms with E-state index in [-0.39, 0.29) is 6.10 Å². The van der Waals surface area contributed by atoms with Crippen LogP contribution in [0.15, 0.2) is 12.3 Å². The molecule has 1 aliphatic rings. The van der Waals surface area contributed by atoms with E-state index in [1.807, 2.05) is 17.8 Å². The smallest absolute Gasteiger partial charge is 0.103 e. The maximum absolute atomic E-state index is 5.67. The molecule has 0 unspecified atom stereocenters. The van der Waals surface area contributed by atoms with Gasteiger partial charge in [-0.3, -0.25) is 4.68 Å². The number of hydrogen-bond donors (Lipinski definition) is 1. The molecule has 0 aromatic carbocycles. The van der Waals surface area contributed by atoms with Crippen molar-refractivity contribution in [3.8, 4) is 0 Å². The van der Waals surface area contributed by atoms with Crippen molar-refractivity contribution >= 4 is 0 Å². The lowest BCUT2D eigenvalue weighted by atomic mass is 9.99. The van der Waals surface area contributed by atoms with Crippen LogP contribution in [0.5, 0.6) is 0 Å². The van der Waals surface area contributed by atoms with Crippen LogP contribution in [0.25, 0.3) is 0 Å². The zero-order chi connectivity index (χ0) is 9.26. The normalized spacial score (nSPS) is 28.2. The summed E-state index contributed by atoms with van der Waals surface area (Å²) in [5.41, 5.74) is 6.80. The predicted octanol–water partition coefficient (Wildman–Crippen LogP) is 0.456. The third-order valence-electron chi connectivity index (χ3n) is 2.67. The number of rotatable bonds is 2. The van der Waals surface area contributed by atoms with Crippen LogP contribution in [0.2, 0.25) is 0 Å². The Morgan fingerprint density at radius 2 is 2.62 bits per heavy atom. The highest BCUT2D eigenvalue weighted by Crippen LogP contribution is 2.33. The number of hydrogen-bond acceptors (Lipinski definition) is 3. The van der Waals surface area contributed by atoms with E-state index in [1.54, 1.807) is 6.20 Å². The van der Waals surface area contributed by atoms with Crippen LogP contribution in [-0.2, 0) is 11.8 Å². The zero-order valence-electron chi connectivity index (χ0n) is 7.81. The summed E-state index contributed by atoms with van der Waals surface area (Å²) in [5.74, 6) is 0.454. The lowest BCUT2D eigenvalue weighted by Gasteiger charge is -2.16. The van der Waals surface area contributed by atoms with Gasteiger partial charge in [0.1, 0.15) is 6.10 Å². The fourth-order valence-electron chi connectivity index (χ4n) is 1.87. The van der Waals surface area contributed by atoms with Gasteiger partial charge in [-0.15, -0.1) is 0 Å². The standard InChI is InChI=1S/C9H15N3O/c1-12-8(2-4-11-12)9-7(6-10)3-5-13-9/h2,4,7,9H,3,5-6,10H2,1H3/t7-,9+/m0/s1. The molecule has 0 spiro atoms. The molecule has 0 saturated carbocycles. The molecule has 1 aromatic heterocycles. The molecule has 2 heterocycles. The molecular formula is C9H15N3O. The van der Waals surface area contributed by atoms with Crippen molar-refractivity contribution in [3.05, 3.63) is 18.0 Å². The first kappa shape index (κ1) is 8.72. The third-order valence-corrected chi connectivity index (χ3v) is 2.67. The van der Waals surface area contributed by atoms with Crippen molar-refractivity contribution in [1.29, 1.82) is 0 Å². The summed E-state index contributed by atoms with van der Waals surface area (Å²) in [5, 5.41) is 4.13. The van der Waals surface area contributed by atoms with E-state index in [9.17, 15) is 0 Å². The average molecular weight is 181 g/mol. The minimum Gasteiger partial charge on any atom is -0.372 e. The second kappa shape index (κ2) is 3.47. The molecule has 2 N–H and O–H groups in total. The Bertz CT molecular complexity index is 284. The Hall–Kier alpha value is -0.870. The lowest BCUT2D eigenvalue weighted by Crippen LogP contribution is -2.19. The van der Waals surface area contributed by atoms with E-state index in [1.165, 1.54) is 0 Å². The van der Waals surface area contributed by atoms with E-state index >= 15 is 0 Å². The van der Waals surface area contributed by atoms with Crippen LogP contribution in [0.1, 0.15) is 18.2 Å². The second-order valence-corrected chi connectivity index (χ2v) is 3.46. The highest BCUT2D eigenvalue weighted by molar-refractivity contribution is 5.07. The predicted molar refractivity (Wildman–Crippen MR) is 49.1 cm³/mol. The fraction of sp³-hybridized carbons (Fsp3) is 0.667. The van der Waals surface area contributed by atoms with Crippen molar-refractivity contribution in [2.75, 3.05) is 13.2 Å². The molecule has 1 saturated heterocycles. The highest BCUT2D eigenvalue weighted by atomic mass is 16.5. The molecule has 0 radical (unpaired) electrons. The van der Waals surface area contributed by atoms with Crippen molar-refractivity contribution in [2.24, 2.45) is 18.7 Å². The summed E-state index contributed by atoms with van der Waals surface area (Å²) >= 11 is 0. The molecule has 72 valence electrons. The molecule has 4 nitrogen and oxygen atoms in total. The average Bonchev–Trinajstić information content (AvgIpc) is 2.71. The van der Waals surface area contributed by atoms with E-state index in [0.717, 1.165) is 18.7 Å². The first-order chi connectivity index (χ1) is 6.33. The van der Waals surface area contributed by atoms with Gasteiger partial charge >= 0.3 is 0 Å². The molecule has 0 amide bonds. The largest absolute Gasteiger partial charge is 0.372 e. The Balaban J connectivity index is 2.20. The molecule has 1 fully saturated rings. The molecular weight excluding hydrogens is 166 g/mol. The summed E-state index contributed by atoms with van der Waals surface area (Å²) in [7, 11) is 1.94. The zero-order valence-corrected chi connectivity index (χ0v) is 7.81. The minimum absolute atomic E-state index is 0.150. The number of nitrogens with two attached hydrogens (primary N) is 1. The monoisotopic (exact) mass is 181 g/mol. The number of nitrogens with zero attached hydrogens (tertiary/aromatic N) is 2. The molecule has 13 heavy (non-hydrogen) atoms. The number of ether oxygens (including phenoxy) is 1. The van der Waals surface area contributed by atoms with Crippen LogP contribution in [0.3, 0.4) is 0 Å². The maximum atomic E-state index is 5.67. The van der Waals surface area contributed by atoms with Gasteiger partial charge in [-0.25, -0.2) is 0 Å². The van der Waals surface area contributed by atoms with E-state index < -0.39 is 0 Å². The van der Waals surface area contributed by atoms with E-state index in [0.29, 0.717) is 12.5 Å². The highest BCUT2D eigenvalue weighted by Gasteiger charge is 2.30. The summed E-state index contributed by atoms with van der Waals surface area (Å²) in [6, 6.07) is 2.00. The summed E-state index contributed by atoms with van der Waals surface area (Å²) in [4.78, 5) is 0. The summed E-state index contributed by atoms with van der Waals surface area (Å²) < 4.78 is 7.50. The van der Waals surface area contributed by atoms with Crippen LogP contribution in [0.4, 0.5) is 0 Å². The summed E-state index contributed by atoms with van der Waals surface area (Å²) in [6.07, 6.45) is 3.01. The number of aromatic nitrogens is 2. The van der Waals surface area contributed by atoms with Crippen molar-refractivity contribution < 1.29 is 4.74 Å². The van der Waals surface area contributed by atoms with Gasteiger partial charge in [-0.2, -0.15) is 5.10 Å². The molecule has 4 heteroatoms. The molecule has 2 atom stereocenters. The van der Waals surface area contributed by atoms with Gasteiger partial charge in [-0.05, 0) is 19.0 Å². The maximum Gasteiger partial charge on any atom is 0.103 e. The SMILES string of the molecule is Cn1nccc1[C@@H]1OCC[C@H]1CN. The second-order valence-electron chi connectivity index (χ2n) is 3.46. The fourth-order valence-corrected chi connectivity index (χ4v) is 1.87. The minimum atomic E-state index is 0.150. The van der Waals surface area contributed by atoms with Gasteiger partial charge < -0.3 is 10.5 Å². The van der Waals surface area contributed by atoms with Crippen LogP contribution >= 0.6 is 0 Å². The topological polar surface area (TPSA) is 53.1 Å². The molecule has 2 rings (SSSR count). The van der Waals surface area contributed by atoms with Crippen LogP contribution in [-0.4, -0.2) is 22.9 Å². The van der Waals surface area contributed by atoms with Crippen LogP contribution < -0.4 is 5.73 Å². The molecule has 1 aromatic rings. The quantitative estimate of drug-likeness (QED) is 0.721.